The van der Waals surface area contributed by atoms with Crippen LogP contribution in [0.25, 0.3) is 22.2 Å². The van der Waals surface area contributed by atoms with Gasteiger partial charge in [0, 0.05) is 30.0 Å². The summed E-state index contributed by atoms with van der Waals surface area (Å²) in [4.78, 5) is 24.5. The molecule has 4 aromatic rings. The number of nitrogens with zero attached hydrogens (tertiary/aromatic N) is 4. The number of likely N-dealkylation sites (tertiary alicyclic amines) is 1. The van der Waals surface area contributed by atoms with Crippen LogP contribution < -0.4 is 0 Å². The molecule has 0 bridgehead atoms. The van der Waals surface area contributed by atoms with E-state index in [2.05, 4.69) is 29.2 Å². The predicted octanol–water partition coefficient (Wildman–Crippen LogP) is 4.61. The highest BCUT2D eigenvalue weighted by Crippen LogP contribution is 2.29. The predicted molar refractivity (Wildman–Crippen MR) is 114 cm³/mol. The molecule has 1 saturated heterocycles. The first kappa shape index (κ1) is 18.5. The first-order valence-corrected chi connectivity index (χ1v) is 10.2. The van der Waals surface area contributed by atoms with E-state index in [0.717, 1.165) is 41.5 Å². The molecule has 1 atom stereocenters. The number of benzene rings is 2. The summed E-state index contributed by atoms with van der Waals surface area (Å²) in [5.41, 5.74) is 4.51. The van der Waals surface area contributed by atoms with E-state index in [-0.39, 0.29) is 11.8 Å². The minimum Gasteiger partial charge on any atom is -0.343 e. The normalized spacial score (nSPS) is 16.7. The number of para-hydroxylation sites is 1. The van der Waals surface area contributed by atoms with E-state index in [1.54, 1.807) is 0 Å². The van der Waals surface area contributed by atoms with Crippen molar-refractivity contribution in [2.45, 2.75) is 25.7 Å². The Hall–Kier alpha value is -3.54. The SMILES string of the molecule is Cc1ccc(-c2cc(C(=O)N3CCC[C@H](c4ncon4)C3)c3ccccc3n2)cc1. The van der Waals surface area contributed by atoms with Crippen molar-refractivity contribution in [2.24, 2.45) is 0 Å². The third-order valence-electron chi connectivity index (χ3n) is 5.75. The number of aromatic nitrogens is 3. The van der Waals surface area contributed by atoms with Crippen molar-refractivity contribution in [2.75, 3.05) is 13.1 Å². The molecule has 1 amide bonds. The molecule has 2 aromatic heterocycles. The molecule has 2 aromatic carbocycles. The quantitative estimate of drug-likeness (QED) is 0.504. The molecular formula is C24H22N4O2. The van der Waals surface area contributed by atoms with Crippen molar-refractivity contribution in [3.8, 4) is 11.3 Å². The molecule has 150 valence electrons. The van der Waals surface area contributed by atoms with Gasteiger partial charge in [0.05, 0.1) is 16.8 Å². The monoisotopic (exact) mass is 398 g/mol. The lowest BCUT2D eigenvalue weighted by Crippen LogP contribution is -2.39. The number of hydrogen-bond donors (Lipinski definition) is 0. The summed E-state index contributed by atoms with van der Waals surface area (Å²) in [6, 6.07) is 18.0. The molecule has 0 N–H and O–H groups in total. The van der Waals surface area contributed by atoms with Gasteiger partial charge in [-0.25, -0.2) is 4.98 Å². The lowest BCUT2D eigenvalue weighted by molar-refractivity contribution is 0.0705. The Morgan fingerprint density at radius 3 is 2.77 bits per heavy atom. The molecule has 1 fully saturated rings. The number of carbonyl (C=O) groups is 1. The molecule has 0 aliphatic carbocycles. The van der Waals surface area contributed by atoms with Gasteiger partial charge in [0.1, 0.15) is 0 Å². The van der Waals surface area contributed by atoms with Crippen molar-refractivity contribution in [3.05, 3.63) is 77.9 Å². The summed E-state index contributed by atoms with van der Waals surface area (Å²) in [7, 11) is 0. The van der Waals surface area contributed by atoms with Crippen LogP contribution in [-0.4, -0.2) is 39.0 Å². The average Bonchev–Trinajstić information content (AvgIpc) is 3.33. The van der Waals surface area contributed by atoms with Crippen molar-refractivity contribution in [1.29, 1.82) is 0 Å². The maximum atomic E-state index is 13.6. The van der Waals surface area contributed by atoms with Gasteiger partial charge in [-0.15, -0.1) is 0 Å². The Bertz CT molecular complexity index is 1190. The molecule has 30 heavy (non-hydrogen) atoms. The van der Waals surface area contributed by atoms with Gasteiger partial charge in [-0.3, -0.25) is 4.79 Å². The van der Waals surface area contributed by atoms with Gasteiger partial charge in [0.15, 0.2) is 5.82 Å². The van der Waals surface area contributed by atoms with Gasteiger partial charge in [0.2, 0.25) is 6.39 Å². The van der Waals surface area contributed by atoms with Crippen molar-refractivity contribution >= 4 is 16.8 Å². The summed E-state index contributed by atoms with van der Waals surface area (Å²) in [6.07, 6.45) is 3.22. The van der Waals surface area contributed by atoms with E-state index >= 15 is 0 Å². The molecule has 0 spiro atoms. The maximum Gasteiger partial charge on any atom is 0.254 e. The Kier molecular flexibility index (Phi) is 4.75. The largest absolute Gasteiger partial charge is 0.343 e. The third-order valence-corrected chi connectivity index (χ3v) is 5.75. The number of carbonyl (C=O) groups excluding carboxylic acids is 1. The fourth-order valence-electron chi connectivity index (χ4n) is 4.13. The van der Waals surface area contributed by atoms with Crippen LogP contribution in [0.4, 0.5) is 0 Å². The molecule has 6 nitrogen and oxygen atoms in total. The summed E-state index contributed by atoms with van der Waals surface area (Å²) >= 11 is 0. The molecule has 0 unspecified atom stereocenters. The van der Waals surface area contributed by atoms with Crippen LogP contribution in [0.1, 0.15) is 40.5 Å². The van der Waals surface area contributed by atoms with E-state index < -0.39 is 0 Å². The van der Waals surface area contributed by atoms with E-state index in [9.17, 15) is 4.79 Å². The van der Waals surface area contributed by atoms with Crippen LogP contribution in [0.3, 0.4) is 0 Å². The van der Waals surface area contributed by atoms with Crippen LogP contribution in [-0.2, 0) is 0 Å². The molecule has 0 saturated carbocycles. The molecular weight excluding hydrogens is 376 g/mol. The fraction of sp³-hybridized carbons (Fsp3) is 0.250. The standard InChI is InChI=1S/C24H22N4O2/c1-16-8-10-17(11-9-16)22-13-20(19-6-2-3-7-21(19)26-22)24(29)28-12-4-5-18(14-28)23-25-15-30-27-23/h2-3,6-11,13,15,18H,4-5,12,14H2,1H3/t18-/m0/s1. The van der Waals surface area contributed by atoms with Gasteiger partial charge in [-0.2, -0.15) is 4.98 Å². The van der Waals surface area contributed by atoms with E-state index in [4.69, 9.17) is 9.51 Å². The fourth-order valence-corrected chi connectivity index (χ4v) is 4.13. The van der Waals surface area contributed by atoms with E-state index in [1.807, 2.05) is 47.4 Å². The van der Waals surface area contributed by atoms with Crippen molar-refractivity contribution in [1.82, 2.24) is 20.0 Å². The molecule has 6 heteroatoms. The van der Waals surface area contributed by atoms with Gasteiger partial charge < -0.3 is 9.42 Å². The van der Waals surface area contributed by atoms with E-state index in [0.29, 0.717) is 17.9 Å². The highest BCUT2D eigenvalue weighted by Gasteiger charge is 2.29. The van der Waals surface area contributed by atoms with Crippen LogP contribution >= 0.6 is 0 Å². The van der Waals surface area contributed by atoms with Crippen LogP contribution in [0.5, 0.6) is 0 Å². The zero-order valence-corrected chi connectivity index (χ0v) is 16.8. The van der Waals surface area contributed by atoms with Gasteiger partial charge in [-0.1, -0.05) is 53.2 Å². The molecule has 1 aliphatic heterocycles. The van der Waals surface area contributed by atoms with Gasteiger partial charge in [0.25, 0.3) is 5.91 Å². The lowest BCUT2D eigenvalue weighted by atomic mass is 9.96. The number of aryl methyl sites for hydroxylation is 1. The molecule has 5 rings (SSSR count). The summed E-state index contributed by atoms with van der Waals surface area (Å²) in [5, 5.41) is 4.86. The Balaban J connectivity index is 1.54. The number of rotatable bonds is 3. The van der Waals surface area contributed by atoms with Crippen LogP contribution in [0.15, 0.2) is 65.5 Å². The minimum atomic E-state index is 0.0233. The van der Waals surface area contributed by atoms with Crippen molar-refractivity contribution in [3.63, 3.8) is 0 Å². The second kappa shape index (κ2) is 7.71. The van der Waals surface area contributed by atoms with Crippen molar-refractivity contribution < 1.29 is 9.32 Å². The Morgan fingerprint density at radius 1 is 1.13 bits per heavy atom. The zero-order chi connectivity index (χ0) is 20.5. The molecule has 1 aliphatic rings. The first-order valence-electron chi connectivity index (χ1n) is 10.2. The summed E-state index contributed by atoms with van der Waals surface area (Å²) in [5.74, 6) is 0.800. The average molecular weight is 398 g/mol. The topological polar surface area (TPSA) is 72.1 Å². The number of amides is 1. The highest BCUT2D eigenvalue weighted by atomic mass is 16.5. The lowest BCUT2D eigenvalue weighted by Gasteiger charge is -2.31. The minimum absolute atomic E-state index is 0.0233. The smallest absolute Gasteiger partial charge is 0.254 e. The maximum absolute atomic E-state index is 13.6. The first-order chi connectivity index (χ1) is 14.7. The van der Waals surface area contributed by atoms with Gasteiger partial charge >= 0.3 is 0 Å². The third kappa shape index (κ3) is 3.45. The molecule has 3 heterocycles. The Morgan fingerprint density at radius 2 is 1.97 bits per heavy atom. The Labute approximate surface area is 174 Å². The number of pyridine rings is 1. The number of hydrogen-bond acceptors (Lipinski definition) is 5. The second-order valence-electron chi connectivity index (χ2n) is 7.82. The zero-order valence-electron chi connectivity index (χ0n) is 16.8. The summed E-state index contributed by atoms with van der Waals surface area (Å²) < 4.78 is 4.91. The highest BCUT2D eigenvalue weighted by molar-refractivity contribution is 6.07. The van der Waals surface area contributed by atoms with Gasteiger partial charge in [-0.05, 0) is 31.9 Å². The summed E-state index contributed by atoms with van der Waals surface area (Å²) in [6.45, 7) is 3.38. The molecule has 0 radical (unpaired) electrons. The number of fused-ring (bicyclic) bond motifs is 1. The van der Waals surface area contributed by atoms with Crippen LogP contribution in [0.2, 0.25) is 0 Å². The van der Waals surface area contributed by atoms with E-state index in [1.165, 1.54) is 12.0 Å². The van der Waals surface area contributed by atoms with Crippen LogP contribution in [0, 0.1) is 6.92 Å². The second-order valence-corrected chi connectivity index (χ2v) is 7.82. The number of piperidine rings is 1.